The fourth-order valence-corrected chi connectivity index (χ4v) is 12.1. The van der Waals surface area contributed by atoms with E-state index >= 15 is 0 Å². The molecule has 1 atom stereocenters. The van der Waals surface area contributed by atoms with Crippen molar-refractivity contribution in [2.45, 2.75) is 24.7 Å². The first-order valence-electron chi connectivity index (χ1n) is 21.9. The van der Waals surface area contributed by atoms with Gasteiger partial charge in [-0.1, -0.05) is 147 Å². The molecule has 0 bridgehead atoms. The van der Waals surface area contributed by atoms with Gasteiger partial charge in [0.25, 0.3) is 0 Å². The van der Waals surface area contributed by atoms with Gasteiger partial charge in [-0.25, -0.2) is 0 Å². The third-order valence-electron chi connectivity index (χ3n) is 13.8. The molecule has 2 aliphatic carbocycles. The van der Waals surface area contributed by atoms with Gasteiger partial charge >= 0.3 is 0 Å². The summed E-state index contributed by atoms with van der Waals surface area (Å²) in [5.74, 6) is 3.89. The van der Waals surface area contributed by atoms with E-state index in [2.05, 4.69) is 192 Å². The molecule has 1 spiro atoms. The van der Waals surface area contributed by atoms with Crippen molar-refractivity contribution >= 4 is 84.2 Å². The lowest BCUT2D eigenvalue weighted by Gasteiger charge is -2.41. The van der Waals surface area contributed by atoms with E-state index in [0.717, 1.165) is 81.1 Å². The van der Waals surface area contributed by atoms with Gasteiger partial charge in [-0.2, -0.15) is 0 Å². The number of aromatic hydroxyl groups is 1. The first kappa shape index (κ1) is 44.3. The van der Waals surface area contributed by atoms with E-state index in [-0.39, 0.29) is 18.1 Å². The summed E-state index contributed by atoms with van der Waals surface area (Å²) in [5, 5.41) is 14.2. The Morgan fingerprint density at radius 3 is 1.68 bits per heavy atom. The lowest BCUT2D eigenvalue weighted by molar-refractivity contribution is 0.445. The Morgan fingerprint density at radius 1 is 0.559 bits per heavy atom. The molecule has 0 radical (unpaired) electrons. The van der Waals surface area contributed by atoms with Crippen LogP contribution in [0.15, 0.2) is 197 Å². The minimum Gasteiger partial charge on any atom is -0.508 e. The number of hydrogen-bond acceptors (Lipinski definition) is 8. The lowest BCUT2D eigenvalue weighted by atomic mass is 9.64. The van der Waals surface area contributed by atoms with Crippen LogP contribution in [0.2, 0.25) is 0 Å². The zero-order chi connectivity index (χ0) is 46.9. The van der Waals surface area contributed by atoms with Crippen LogP contribution >= 0.6 is 57.1 Å². The Balaban J connectivity index is 0.00000165. The van der Waals surface area contributed by atoms with Crippen molar-refractivity contribution in [1.29, 1.82) is 0 Å². The van der Waals surface area contributed by atoms with Crippen molar-refractivity contribution < 1.29 is 27.9 Å². The van der Waals surface area contributed by atoms with E-state index in [0.29, 0.717) is 11.5 Å². The highest BCUT2D eigenvalue weighted by molar-refractivity contribution is 9.10. The predicted octanol–water partition coefficient (Wildman–Crippen LogP) is 17.1. The zero-order valence-electron chi connectivity index (χ0n) is 36.5. The second-order valence-corrected chi connectivity index (χ2v) is 19.2. The number of ether oxygens (including phenoxy) is 2. The second-order valence-electron chi connectivity index (χ2n) is 17.0. The van der Waals surface area contributed by atoms with Gasteiger partial charge in [0, 0.05) is 54.5 Å². The summed E-state index contributed by atoms with van der Waals surface area (Å²) in [6, 6.07) is 58.8. The van der Waals surface area contributed by atoms with Crippen molar-refractivity contribution in [3.05, 3.63) is 241 Å². The minimum atomic E-state index is -0.673. The molecule has 9 aromatic rings. The summed E-state index contributed by atoms with van der Waals surface area (Å²) in [5.41, 5.74) is 12.5. The smallest absolute Gasteiger partial charge is 0.152 e. The van der Waals surface area contributed by atoms with Crippen LogP contribution in [0.1, 0.15) is 58.4 Å². The molecule has 3 aliphatic rings. The Bertz CT molecular complexity index is 3520. The van der Waals surface area contributed by atoms with Crippen LogP contribution < -0.4 is 13.7 Å². The molecule has 0 aromatic heterocycles. The lowest BCUT2D eigenvalue weighted by Crippen LogP contribution is -2.33. The molecule has 3 N–H and O–H groups in total. The van der Waals surface area contributed by atoms with E-state index in [1.807, 2.05) is 36.4 Å². The average Bonchev–Trinajstić information content (AvgIpc) is 3.77. The molecule has 1 aliphatic heterocycles. The number of benzene rings is 9. The molecular formula is C58H40Br2O6S2. The number of hydrogen-bond donors (Lipinski definition) is 4. The Kier molecular flexibility index (Phi) is 11.3. The maximum absolute atomic E-state index is 10.4. The monoisotopic (exact) mass is 1050 g/mol. The normalized spacial score (nSPS) is 15.9. The molecule has 0 amide bonds. The van der Waals surface area contributed by atoms with Gasteiger partial charge in [-0.15, -0.1) is 0 Å². The summed E-state index contributed by atoms with van der Waals surface area (Å²) in [6.07, 6.45) is 4.41. The summed E-state index contributed by atoms with van der Waals surface area (Å²) in [7, 11) is 0. The van der Waals surface area contributed by atoms with E-state index in [1.165, 1.54) is 33.4 Å². The molecule has 0 saturated carbocycles. The number of thiol groups is 1. The molecule has 68 heavy (non-hydrogen) atoms. The van der Waals surface area contributed by atoms with Crippen LogP contribution in [-0.2, 0) is 10.8 Å². The highest BCUT2D eigenvalue weighted by Gasteiger charge is 2.52. The summed E-state index contributed by atoms with van der Waals surface area (Å²) >= 11 is 11.6. The van der Waals surface area contributed by atoms with Gasteiger partial charge in [-0.3, -0.25) is 0 Å². The topological polar surface area (TPSA) is 88.4 Å². The third kappa shape index (κ3) is 6.53. The van der Waals surface area contributed by atoms with Crippen molar-refractivity contribution in [2.24, 2.45) is 0 Å². The minimum absolute atomic E-state index is 0.221. The molecule has 0 saturated heterocycles. The molecule has 1 heterocycles. The molecule has 6 nitrogen and oxygen atoms in total. The Morgan fingerprint density at radius 2 is 1.10 bits per heavy atom. The van der Waals surface area contributed by atoms with Gasteiger partial charge in [0.2, 0.25) is 0 Å². The molecule has 1 unspecified atom stereocenters. The van der Waals surface area contributed by atoms with E-state index < -0.39 is 10.8 Å². The van der Waals surface area contributed by atoms with Crippen molar-refractivity contribution in [3.8, 4) is 45.6 Å². The summed E-state index contributed by atoms with van der Waals surface area (Å²) in [6.45, 7) is 4.32. The summed E-state index contributed by atoms with van der Waals surface area (Å²) < 4.78 is 35.8. The maximum atomic E-state index is 10.4. The first-order chi connectivity index (χ1) is 33.2. The third-order valence-corrected chi connectivity index (χ3v) is 15.0. The molecule has 334 valence electrons. The molecule has 9 aromatic carbocycles. The summed E-state index contributed by atoms with van der Waals surface area (Å²) in [4.78, 5) is 0. The van der Waals surface area contributed by atoms with E-state index in [9.17, 15) is 5.11 Å². The van der Waals surface area contributed by atoms with Crippen LogP contribution in [0, 0.1) is 0 Å². The number of halogens is 2. The highest BCUT2D eigenvalue weighted by atomic mass is 79.9. The SMILES string of the molecule is C/C=C\C1=C(C)c2ccccc2C12c1ccc3c(OS)cccc3c1Oc1c2ccc2c(Oc3ccc(C4(c5ccc(O)cc5)c5cc(Br)ccc5-c5ccc(Br)cc54)cc3)cccc12.OSO. The fourth-order valence-electron chi connectivity index (χ4n) is 11.2. The number of rotatable bonds is 6. The quantitative estimate of drug-likeness (QED) is 0.0975. The van der Waals surface area contributed by atoms with E-state index in [4.69, 9.17) is 22.8 Å². The molecule has 0 fully saturated rings. The number of phenolic OH excluding ortho intramolecular Hbond substituents is 1. The first-order valence-corrected chi connectivity index (χ1v) is 24.6. The maximum Gasteiger partial charge on any atom is 0.152 e. The fraction of sp³-hybridized carbons (Fsp3) is 0.0690. The van der Waals surface area contributed by atoms with Crippen LogP contribution in [0.25, 0.3) is 38.2 Å². The van der Waals surface area contributed by atoms with Gasteiger partial charge in [0.1, 0.15) is 34.5 Å². The van der Waals surface area contributed by atoms with E-state index in [1.54, 1.807) is 12.1 Å². The Hall–Kier alpha value is -6.24. The molecule has 12 rings (SSSR count). The predicted molar refractivity (Wildman–Crippen MR) is 285 cm³/mol. The van der Waals surface area contributed by atoms with Crippen LogP contribution in [0.3, 0.4) is 0 Å². The van der Waals surface area contributed by atoms with Gasteiger partial charge in [0.05, 0.1) is 10.8 Å². The number of fused-ring (bicyclic) bond motifs is 13. The van der Waals surface area contributed by atoms with Crippen molar-refractivity contribution in [3.63, 3.8) is 0 Å². The largest absolute Gasteiger partial charge is 0.508 e. The molecular weight excluding hydrogens is 1020 g/mol. The van der Waals surface area contributed by atoms with Gasteiger partial charge in [0.15, 0.2) is 12.3 Å². The van der Waals surface area contributed by atoms with Crippen molar-refractivity contribution in [2.75, 3.05) is 0 Å². The van der Waals surface area contributed by atoms with Crippen LogP contribution in [-0.4, -0.2) is 14.2 Å². The van der Waals surface area contributed by atoms with Crippen LogP contribution in [0.4, 0.5) is 0 Å². The average molecular weight is 1060 g/mol. The van der Waals surface area contributed by atoms with Crippen molar-refractivity contribution in [1.82, 2.24) is 0 Å². The zero-order valence-corrected chi connectivity index (χ0v) is 41.4. The number of allylic oxidation sites excluding steroid dienone is 4. The number of phenols is 1. The van der Waals surface area contributed by atoms with Gasteiger partial charge in [-0.05, 0) is 136 Å². The highest BCUT2D eigenvalue weighted by Crippen LogP contribution is 2.64. The standard InChI is InChI=1S/C58H38Br2O4S.H2O2S/c1-3-8-47-33(2)40-9-4-5-12-48(40)58(47)49-29-27-43-45(55(49)63-56-46-11-7-14-54(64-65)44(46)28-30-50(56)58)10-6-13-53(43)62-39-23-17-35(18-24-39)57(34-15-21-38(61)22-16-34)51-31-36(59)19-25-41(51)42-26-20-37(60)32-52(42)57;1-3-2/h3-32,61,65H,1-2H3;1-2H/b8-3-;. The molecule has 10 heteroatoms. The second kappa shape index (κ2) is 17.4. The van der Waals surface area contributed by atoms with Gasteiger partial charge < -0.3 is 27.9 Å². The van der Waals surface area contributed by atoms with Crippen LogP contribution in [0.5, 0.6) is 34.5 Å². The Labute approximate surface area is 420 Å².